The molecule has 0 aromatic heterocycles. The second kappa shape index (κ2) is 14.0. The zero-order valence-electron chi connectivity index (χ0n) is 12.7. The first-order chi connectivity index (χ1) is 8.18. The van der Waals surface area contributed by atoms with E-state index in [2.05, 4.69) is 20.9 Å². The maximum Gasteiger partial charge on any atom is 0.154 e. The van der Waals surface area contributed by atoms with Gasteiger partial charge in [0.1, 0.15) is 0 Å². The van der Waals surface area contributed by atoms with Crippen molar-refractivity contribution in [2.45, 2.75) is 71.6 Å². The summed E-state index contributed by atoms with van der Waals surface area (Å²) in [6.07, 6.45) is 12.3. The van der Waals surface area contributed by atoms with E-state index in [1.807, 2.05) is 0 Å². The molecular weight excluding hydrogens is 265 g/mol. The molecule has 0 saturated heterocycles. The van der Waals surface area contributed by atoms with Crippen molar-refractivity contribution < 1.29 is 16.9 Å². The fraction of sp³-hybridized carbons (Fsp3) is 1.00. The van der Waals surface area contributed by atoms with Crippen LogP contribution in [0.3, 0.4) is 0 Å². The van der Waals surface area contributed by atoms with E-state index >= 15 is 0 Å². The van der Waals surface area contributed by atoms with Crippen LogP contribution in [0.1, 0.15) is 71.6 Å². The lowest BCUT2D eigenvalue weighted by atomic mass is 10.1. The van der Waals surface area contributed by atoms with Gasteiger partial charge in [-0.2, -0.15) is 0 Å². The maximum atomic E-state index is 6.12. The summed E-state index contributed by atoms with van der Waals surface area (Å²) in [5.41, 5.74) is 0. The second-order valence-electron chi connectivity index (χ2n) is 5.66. The lowest BCUT2D eigenvalue weighted by Crippen LogP contribution is -3.00. The fourth-order valence-electron chi connectivity index (χ4n) is 2.25. The molecule has 0 aliphatic rings. The van der Waals surface area contributed by atoms with E-state index in [9.17, 15) is 0 Å². The van der Waals surface area contributed by atoms with Crippen LogP contribution < -0.4 is 12.4 Å². The Morgan fingerprint density at radius 2 is 1.11 bits per heavy atom. The Morgan fingerprint density at radius 3 is 1.61 bits per heavy atom. The van der Waals surface area contributed by atoms with Crippen molar-refractivity contribution in [3.05, 3.63) is 0 Å². The molecule has 0 rings (SSSR count). The molecule has 0 bridgehead atoms. The van der Waals surface area contributed by atoms with E-state index in [-0.39, 0.29) is 12.4 Å². The lowest BCUT2D eigenvalue weighted by molar-refractivity contribution is -0.899. The van der Waals surface area contributed by atoms with Gasteiger partial charge in [-0.1, -0.05) is 57.6 Å². The van der Waals surface area contributed by atoms with Gasteiger partial charge in [-0.25, -0.2) is 0 Å². The normalized spacial score (nSPS) is 14.0. The number of halogens is 2. The third kappa shape index (κ3) is 11.6. The van der Waals surface area contributed by atoms with Gasteiger partial charge in [0.05, 0.1) is 20.1 Å². The smallest absolute Gasteiger partial charge is 0.154 e. The Labute approximate surface area is 126 Å². The van der Waals surface area contributed by atoms with Crippen LogP contribution >= 0.6 is 11.6 Å². The molecule has 0 N–H and O–H groups in total. The number of hydrogen-bond donors (Lipinski definition) is 0. The zero-order valence-corrected chi connectivity index (χ0v) is 14.2. The highest BCUT2D eigenvalue weighted by Crippen LogP contribution is 2.13. The average Bonchev–Trinajstić information content (AvgIpc) is 2.34. The molecule has 1 nitrogen and oxygen atoms in total. The maximum absolute atomic E-state index is 6.12. The molecule has 1 unspecified atom stereocenters. The van der Waals surface area contributed by atoms with Crippen molar-refractivity contribution in [2.24, 2.45) is 0 Å². The molecule has 0 saturated carbocycles. The second-order valence-corrected chi connectivity index (χ2v) is 5.90. The Kier molecular flexibility index (Phi) is 16.2. The van der Waals surface area contributed by atoms with Gasteiger partial charge in [0, 0.05) is 0 Å². The van der Waals surface area contributed by atoms with Gasteiger partial charge < -0.3 is 16.9 Å². The number of unbranched alkanes of at least 4 members (excludes halogenated alkanes) is 7. The predicted molar refractivity (Wildman–Crippen MR) is 79.5 cm³/mol. The molecule has 0 aliphatic carbocycles. The van der Waals surface area contributed by atoms with Crippen LogP contribution in [-0.2, 0) is 0 Å². The highest BCUT2D eigenvalue weighted by atomic mass is 35.5. The van der Waals surface area contributed by atoms with Gasteiger partial charge in [-0.15, -0.1) is 0 Å². The average molecular weight is 298 g/mol. The quantitative estimate of drug-likeness (QED) is 0.224. The molecule has 0 aromatic carbocycles. The van der Waals surface area contributed by atoms with Crippen LogP contribution in [0.5, 0.6) is 0 Å². The summed E-state index contributed by atoms with van der Waals surface area (Å²) in [6.45, 7) is 7.06. The number of alkyl halides is 1. The molecule has 3 heteroatoms. The molecule has 112 valence electrons. The summed E-state index contributed by atoms with van der Waals surface area (Å²) in [4.78, 5) is 0. The van der Waals surface area contributed by atoms with Crippen molar-refractivity contribution in [2.75, 3.05) is 26.1 Å². The summed E-state index contributed by atoms with van der Waals surface area (Å²) in [7, 11) is 2.31. The monoisotopic (exact) mass is 297 g/mol. The number of hydrogen-bond acceptors (Lipinski definition) is 0. The van der Waals surface area contributed by atoms with Gasteiger partial charge in [-0.3, -0.25) is 0 Å². The van der Waals surface area contributed by atoms with Crippen LogP contribution in [0, 0.1) is 0 Å². The lowest BCUT2D eigenvalue weighted by Gasteiger charge is -2.32. The van der Waals surface area contributed by atoms with Crippen LogP contribution in [0.2, 0.25) is 0 Å². The predicted octanol–water partition coefficient (Wildman–Crippen LogP) is 2.18. The van der Waals surface area contributed by atoms with Crippen molar-refractivity contribution >= 4 is 11.6 Å². The molecule has 0 heterocycles. The van der Waals surface area contributed by atoms with E-state index in [0.717, 1.165) is 10.5 Å². The van der Waals surface area contributed by atoms with Crippen molar-refractivity contribution in [3.8, 4) is 0 Å². The van der Waals surface area contributed by atoms with E-state index in [0.29, 0.717) is 0 Å². The third-order valence-corrected chi connectivity index (χ3v) is 4.22. The first-order valence-corrected chi connectivity index (χ1v) is 8.11. The summed E-state index contributed by atoms with van der Waals surface area (Å²) in [5, 5.41) is 0. The van der Waals surface area contributed by atoms with Crippen LogP contribution in [0.25, 0.3) is 0 Å². The standard InChI is InChI=1S/C15H33ClN.ClH/c1-4-6-8-9-10-12-14-17(3,15-16)13-11-7-5-2;/h4-15H2,1-3H3;1H/q+1;/p-1. The number of rotatable bonds is 12. The molecule has 0 spiro atoms. The Bertz CT molecular complexity index is 165. The minimum Gasteiger partial charge on any atom is -1.00 e. The van der Waals surface area contributed by atoms with E-state index in [1.54, 1.807) is 0 Å². The van der Waals surface area contributed by atoms with Crippen LogP contribution in [0.15, 0.2) is 0 Å². The van der Waals surface area contributed by atoms with Crippen LogP contribution in [-0.4, -0.2) is 30.6 Å². The van der Waals surface area contributed by atoms with Crippen LogP contribution in [0.4, 0.5) is 0 Å². The Hall–Kier alpha value is 0.540. The van der Waals surface area contributed by atoms with Gasteiger partial charge in [0.2, 0.25) is 0 Å². The van der Waals surface area contributed by atoms with E-state index < -0.39 is 0 Å². The first kappa shape index (κ1) is 20.8. The van der Waals surface area contributed by atoms with Gasteiger partial charge >= 0.3 is 0 Å². The molecule has 1 atom stereocenters. The summed E-state index contributed by atoms with van der Waals surface area (Å²) in [5.74, 6) is 0. The fourth-order valence-corrected chi connectivity index (χ4v) is 2.49. The molecule has 0 aromatic rings. The largest absolute Gasteiger partial charge is 1.00 e. The minimum atomic E-state index is 0. The Morgan fingerprint density at radius 1 is 0.722 bits per heavy atom. The first-order valence-electron chi connectivity index (χ1n) is 7.58. The molecule has 0 radical (unpaired) electrons. The summed E-state index contributed by atoms with van der Waals surface area (Å²) >= 11 is 6.12. The highest BCUT2D eigenvalue weighted by molar-refractivity contribution is 6.16. The van der Waals surface area contributed by atoms with E-state index in [4.69, 9.17) is 11.6 Å². The zero-order chi connectivity index (χ0) is 13.0. The highest BCUT2D eigenvalue weighted by Gasteiger charge is 2.18. The molecular formula is C15H33Cl2N. The van der Waals surface area contributed by atoms with Crippen molar-refractivity contribution in [1.29, 1.82) is 0 Å². The van der Waals surface area contributed by atoms with Gasteiger partial charge in [0.15, 0.2) is 6.00 Å². The van der Waals surface area contributed by atoms with Crippen molar-refractivity contribution in [3.63, 3.8) is 0 Å². The third-order valence-electron chi connectivity index (χ3n) is 3.64. The SMILES string of the molecule is CCCCCCCC[N+](C)(CCl)CCCCC.[Cl-]. The molecule has 18 heavy (non-hydrogen) atoms. The number of quaternary nitrogens is 1. The number of nitrogens with zero attached hydrogens (tertiary/aromatic N) is 1. The summed E-state index contributed by atoms with van der Waals surface area (Å²) < 4.78 is 1.06. The van der Waals surface area contributed by atoms with Gasteiger partial charge in [0.25, 0.3) is 0 Å². The van der Waals surface area contributed by atoms with Crippen molar-refractivity contribution in [1.82, 2.24) is 0 Å². The molecule has 0 fully saturated rings. The van der Waals surface area contributed by atoms with Gasteiger partial charge in [-0.05, 0) is 25.7 Å². The topological polar surface area (TPSA) is 0 Å². The summed E-state index contributed by atoms with van der Waals surface area (Å²) in [6, 6.07) is 0.776. The van der Waals surface area contributed by atoms with E-state index in [1.165, 1.54) is 70.9 Å². The Balaban J connectivity index is 0. The molecule has 0 amide bonds. The minimum absolute atomic E-state index is 0. The molecule has 0 aliphatic heterocycles.